The maximum atomic E-state index is 11.4. The van der Waals surface area contributed by atoms with E-state index < -0.39 is 17.7 Å². The van der Waals surface area contributed by atoms with Gasteiger partial charge in [-0.3, -0.25) is 14.4 Å². The van der Waals surface area contributed by atoms with Crippen LogP contribution in [0.15, 0.2) is 29.4 Å². The fourth-order valence-electron chi connectivity index (χ4n) is 1.37. The number of hydrogen-bond acceptors (Lipinski definition) is 6. The number of methoxy groups -OCH3 is 1. The minimum atomic E-state index is -0.876. The topological polar surface area (TPSA) is 132 Å². The second kappa shape index (κ2) is 9.90. The predicted octanol–water partition coefficient (Wildman–Crippen LogP) is -1.24. The second-order valence-corrected chi connectivity index (χ2v) is 4.27. The van der Waals surface area contributed by atoms with Gasteiger partial charge in [0.05, 0.1) is 12.8 Å². The van der Waals surface area contributed by atoms with Crippen LogP contribution in [0.4, 0.5) is 0 Å². The van der Waals surface area contributed by atoms with E-state index >= 15 is 0 Å². The Hall–Kier alpha value is -2.94. The van der Waals surface area contributed by atoms with Gasteiger partial charge in [-0.2, -0.15) is 5.10 Å². The summed E-state index contributed by atoms with van der Waals surface area (Å²) in [4.78, 5) is 33.3. The smallest absolute Gasteiger partial charge is 0.329 e. The number of nitrogens with zero attached hydrogens (tertiary/aromatic N) is 1. The first-order valence-electron chi connectivity index (χ1n) is 6.64. The van der Waals surface area contributed by atoms with Crippen molar-refractivity contribution in [3.05, 3.63) is 29.8 Å². The molecule has 0 unspecified atom stereocenters. The number of rotatable bonds is 8. The van der Waals surface area contributed by atoms with Crippen molar-refractivity contribution in [2.75, 3.05) is 26.9 Å². The summed E-state index contributed by atoms with van der Waals surface area (Å²) in [6, 6.07) is 6.54. The quantitative estimate of drug-likeness (QED) is 0.238. The van der Waals surface area contributed by atoms with Gasteiger partial charge in [-0.05, 0) is 29.8 Å². The number of ether oxygens (including phenoxy) is 2. The zero-order valence-corrected chi connectivity index (χ0v) is 12.6. The molecule has 0 bridgehead atoms. The van der Waals surface area contributed by atoms with Crippen LogP contribution in [0.1, 0.15) is 5.56 Å². The summed E-state index contributed by atoms with van der Waals surface area (Å²) in [5.41, 5.74) is 7.72. The third-order valence-electron chi connectivity index (χ3n) is 2.44. The molecule has 0 aliphatic rings. The van der Waals surface area contributed by atoms with E-state index in [2.05, 4.69) is 15.8 Å². The van der Waals surface area contributed by atoms with Gasteiger partial charge in [0.1, 0.15) is 5.75 Å². The Morgan fingerprint density at radius 2 is 1.91 bits per heavy atom. The molecule has 0 aliphatic carbocycles. The maximum Gasteiger partial charge on any atom is 0.329 e. The third-order valence-corrected chi connectivity index (χ3v) is 2.44. The molecule has 0 heterocycles. The van der Waals surface area contributed by atoms with Crippen LogP contribution in [0.3, 0.4) is 0 Å². The molecular formula is C14H18N4O5. The molecule has 1 rings (SSSR count). The molecule has 0 aromatic heterocycles. The highest BCUT2D eigenvalue weighted by Crippen LogP contribution is 2.10. The largest absolute Gasteiger partial charge is 0.484 e. The molecule has 23 heavy (non-hydrogen) atoms. The molecule has 0 saturated heterocycles. The first-order chi connectivity index (χ1) is 11.0. The number of nitrogens with one attached hydrogen (secondary N) is 2. The maximum absolute atomic E-state index is 11.4. The van der Waals surface area contributed by atoms with Crippen molar-refractivity contribution in [3.63, 3.8) is 0 Å². The van der Waals surface area contributed by atoms with Crippen molar-refractivity contribution in [2.45, 2.75) is 0 Å². The number of benzene rings is 1. The molecule has 0 atom stereocenters. The lowest BCUT2D eigenvalue weighted by Gasteiger charge is -2.03. The molecule has 0 fully saturated rings. The Morgan fingerprint density at radius 3 is 2.52 bits per heavy atom. The number of hydrazone groups is 1. The van der Waals surface area contributed by atoms with Crippen molar-refractivity contribution < 1.29 is 23.9 Å². The van der Waals surface area contributed by atoms with E-state index in [9.17, 15) is 14.4 Å². The summed E-state index contributed by atoms with van der Waals surface area (Å²) in [5, 5.41) is 6.02. The summed E-state index contributed by atoms with van der Waals surface area (Å²) in [6.45, 7) is 0.341. The summed E-state index contributed by atoms with van der Waals surface area (Å²) < 4.78 is 9.83. The van der Waals surface area contributed by atoms with Gasteiger partial charge in [-0.15, -0.1) is 0 Å². The van der Waals surface area contributed by atoms with Gasteiger partial charge in [0, 0.05) is 13.7 Å². The van der Waals surface area contributed by atoms with Gasteiger partial charge in [-0.25, -0.2) is 5.43 Å². The number of carbonyl (C=O) groups excluding carboxylic acids is 3. The van der Waals surface area contributed by atoms with Gasteiger partial charge in [0.15, 0.2) is 6.61 Å². The Balaban J connectivity index is 2.40. The Morgan fingerprint density at radius 1 is 1.22 bits per heavy atom. The monoisotopic (exact) mass is 322 g/mol. The van der Waals surface area contributed by atoms with Crippen molar-refractivity contribution >= 4 is 23.9 Å². The molecule has 0 spiro atoms. The minimum absolute atomic E-state index is 0.207. The average Bonchev–Trinajstić information content (AvgIpc) is 2.54. The molecule has 0 radical (unpaired) electrons. The van der Waals surface area contributed by atoms with Crippen LogP contribution in [0.5, 0.6) is 5.75 Å². The van der Waals surface area contributed by atoms with E-state index in [1.165, 1.54) is 13.3 Å². The zero-order valence-electron chi connectivity index (χ0n) is 12.6. The third kappa shape index (κ3) is 7.58. The molecule has 124 valence electrons. The van der Waals surface area contributed by atoms with E-state index in [0.717, 1.165) is 0 Å². The molecule has 9 heteroatoms. The first kappa shape index (κ1) is 18.1. The highest BCUT2D eigenvalue weighted by atomic mass is 16.5. The van der Waals surface area contributed by atoms with Gasteiger partial charge < -0.3 is 20.5 Å². The number of amides is 3. The number of primary amides is 1. The van der Waals surface area contributed by atoms with Crippen molar-refractivity contribution in [3.8, 4) is 5.75 Å². The van der Waals surface area contributed by atoms with E-state index in [4.69, 9.17) is 15.2 Å². The molecular weight excluding hydrogens is 304 g/mol. The van der Waals surface area contributed by atoms with Crippen LogP contribution in [0, 0.1) is 0 Å². The van der Waals surface area contributed by atoms with Gasteiger partial charge in [0.25, 0.3) is 5.91 Å². The van der Waals surface area contributed by atoms with Crippen molar-refractivity contribution in [2.24, 2.45) is 10.8 Å². The number of nitrogens with two attached hydrogens (primary N) is 1. The second-order valence-electron chi connectivity index (χ2n) is 4.27. The minimum Gasteiger partial charge on any atom is -0.484 e. The normalized spacial score (nSPS) is 10.3. The van der Waals surface area contributed by atoms with Crippen LogP contribution in [0.2, 0.25) is 0 Å². The number of carbonyl (C=O) groups is 3. The summed E-state index contributed by atoms with van der Waals surface area (Å²) in [7, 11) is 1.49. The highest BCUT2D eigenvalue weighted by molar-refractivity contribution is 6.35. The molecule has 4 N–H and O–H groups in total. The first-order valence-corrected chi connectivity index (χ1v) is 6.64. The Kier molecular flexibility index (Phi) is 7.79. The number of hydrogen-bond donors (Lipinski definition) is 3. The van der Waals surface area contributed by atoms with Crippen LogP contribution in [0.25, 0.3) is 0 Å². The summed E-state index contributed by atoms with van der Waals surface area (Å²) >= 11 is 0. The average molecular weight is 322 g/mol. The van der Waals surface area contributed by atoms with Crippen LogP contribution >= 0.6 is 0 Å². The Bertz CT molecular complexity index is 571. The Labute approximate surface area is 132 Å². The molecule has 0 saturated carbocycles. The lowest BCUT2D eigenvalue weighted by molar-refractivity contribution is -0.139. The highest BCUT2D eigenvalue weighted by Gasteiger charge is 2.10. The lowest BCUT2D eigenvalue weighted by Crippen LogP contribution is -2.39. The summed E-state index contributed by atoms with van der Waals surface area (Å²) in [6.07, 6.45) is 1.36. The lowest BCUT2D eigenvalue weighted by atomic mass is 10.2. The standard InChI is InChI=1S/C14H18N4O5/c1-22-7-6-16-13(20)14(21)18-17-8-10-2-4-11(5-3-10)23-9-12(15)19/h2-5,8H,6-7,9H2,1H3,(H2,15,19)(H,16,20)(H,18,21)/b17-8-. The van der Waals surface area contributed by atoms with E-state index in [1.807, 2.05) is 0 Å². The predicted molar refractivity (Wildman–Crippen MR) is 81.8 cm³/mol. The molecule has 1 aromatic carbocycles. The molecule has 9 nitrogen and oxygen atoms in total. The van der Waals surface area contributed by atoms with E-state index in [1.54, 1.807) is 24.3 Å². The molecule has 0 aliphatic heterocycles. The fourth-order valence-corrected chi connectivity index (χ4v) is 1.37. The van der Waals surface area contributed by atoms with Gasteiger partial charge in [0.2, 0.25) is 0 Å². The van der Waals surface area contributed by atoms with Gasteiger partial charge in [-0.1, -0.05) is 0 Å². The molecule has 1 aromatic rings. The van der Waals surface area contributed by atoms with Gasteiger partial charge >= 0.3 is 11.8 Å². The van der Waals surface area contributed by atoms with Crippen LogP contribution in [-0.2, 0) is 19.1 Å². The fraction of sp³-hybridized carbons (Fsp3) is 0.286. The van der Waals surface area contributed by atoms with Crippen LogP contribution in [-0.4, -0.2) is 50.8 Å². The SMILES string of the molecule is COCCNC(=O)C(=O)N/N=C\c1ccc(OCC(N)=O)cc1. The zero-order chi connectivity index (χ0) is 17.1. The van der Waals surface area contributed by atoms with E-state index in [0.29, 0.717) is 17.9 Å². The van der Waals surface area contributed by atoms with Crippen molar-refractivity contribution in [1.29, 1.82) is 0 Å². The van der Waals surface area contributed by atoms with E-state index in [-0.39, 0.29) is 13.2 Å². The summed E-state index contributed by atoms with van der Waals surface area (Å²) in [5.74, 6) is -1.77. The van der Waals surface area contributed by atoms with Crippen LogP contribution < -0.4 is 21.2 Å². The molecule has 3 amide bonds. The van der Waals surface area contributed by atoms with Crippen molar-refractivity contribution in [1.82, 2.24) is 10.7 Å².